The number of carbonyl (C=O) groups excluding carboxylic acids is 2. The number of Topliss-reactive ketones (excluding diaryl/α,β-unsaturated/α-hetero) is 1. The number of likely N-dealkylation sites (tertiary alicyclic amines) is 1. The van der Waals surface area contributed by atoms with Gasteiger partial charge < -0.3 is 14.7 Å². The number of aliphatic hydroxyl groups is 1. The van der Waals surface area contributed by atoms with Gasteiger partial charge in [-0.05, 0) is 31.5 Å². The number of amides is 1. The number of rotatable bonds is 6. The molecule has 5 rings (SSSR count). The molecule has 9 heteroatoms. The summed E-state index contributed by atoms with van der Waals surface area (Å²) in [5.74, 6) is -2.47. The van der Waals surface area contributed by atoms with Gasteiger partial charge in [0.15, 0.2) is 5.76 Å². The molecule has 2 aliphatic rings. The van der Waals surface area contributed by atoms with Crippen molar-refractivity contribution in [3.05, 3.63) is 77.0 Å². The van der Waals surface area contributed by atoms with Gasteiger partial charge in [0.2, 0.25) is 0 Å². The van der Waals surface area contributed by atoms with Crippen molar-refractivity contribution >= 4 is 23.1 Å². The lowest BCUT2D eigenvalue weighted by Crippen LogP contribution is -2.39. The molecule has 0 saturated carbocycles. The number of aromatic nitrogens is 2. The number of aliphatic hydroxyl groups excluding tert-OH is 1. The molecule has 0 spiro atoms. The Morgan fingerprint density at radius 2 is 1.86 bits per heavy atom. The van der Waals surface area contributed by atoms with Crippen LogP contribution in [0.25, 0.3) is 11.4 Å². The standard InChI is InChI=1S/C26H27FN4O4/c1-17-22(30-11-5-4-9-20(30)28-17)24(32)21-23(18-7-2-3-8-19(18)27)31(26(34)25(21)33)12-6-10-29-13-15-35-16-14-29/h2-5,7-9,11,23,32H,6,10,12-16H2,1H3/b24-21+/t23-/m0/s1. The van der Waals surface area contributed by atoms with Crippen molar-refractivity contribution < 1.29 is 23.8 Å². The van der Waals surface area contributed by atoms with E-state index in [0.717, 1.165) is 19.6 Å². The minimum atomic E-state index is -1.03. The predicted octanol–water partition coefficient (Wildman–Crippen LogP) is 2.93. The molecule has 1 aromatic carbocycles. The molecule has 2 aromatic heterocycles. The quantitative estimate of drug-likeness (QED) is 0.333. The van der Waals surface area contributed by atoms with Gasteiger partial charge in [-0.15, -0.1) is 0 Å². The van der Waals surface area contributed by atoms with Gasteiger partial charge in [-0.25, -0.2) is 9.37 Å². The fraction of sp³-hybridized carbons (Fsp3) is 0.346. The Labute approximate surface area is 202 Å². The van der Waals surface area contributed by atoms with Crippen LogP contribution in [0.5, 0.6) is 0 Å². The molecule has 0 bridgehead atoms. The van der Waals surface area contributed by atoms with Crippen LogP contribution in [0.2, 0.25) is 0 Å². The van der Waals surface area contributed by atoms with Crippen LogP contribution in [-0.2, 0) is 14.3 Å². The zero-order chi connectivity index (χ0) is 24.5. The fourth-order valence-corrected chi connectivity index (χ4v) is 4.95. The number of fused-ring (bicyclic) bond motifs is 1. The second kappa shape index (κ2) is 9.59. The number of imidazole rings is 1. The minimum absolute atomic E-state index is 0.125. The SMILES string of the molecule is Cc1nc2ccccn2c1/C(O)=C1\C(=O)C(=O)N(CCCN2CCOCC2)[C@H]1c1ccccc1F. The number of hydrogen-bond donors (Lipinski definition) is 1. The summed E-state index contributed by atoms with van der Waals surface area (Å²) in [7, 11) is 0. The van der Waals surface area contributed by atoms with Gasteiger partial charge in [-0.3, -0.25) is 18.9 Å². The highest BCUT2D eigenvalue weighted by Gasteiger charge is 2.47. The van der Waals surface area contributed by atoms with E-state index in [4.69, 9.17) is 4.74 Å². The van der Waals surface area contributed by atoms with Crippen molar-refractivity contribution in [1.82, 2.24) is 19.2 Å². The maximum atomic E-state index is 15.0. The molecule has 1 amide bonds. The molecule has 2 aliphatic heterocycles. The van der Waals surface area contributed by atoms with Crippen LogP contribution in [0.3, 0.4) is 0 Å². The molecule has 1 atom stereocenters. The maximum absolute atomic E-state index is 15.0. The summed E-state index contributed by atoms with van der Waals surface area (Å²) in [4.78, 5) is 34.5. The van der Waals surface area contributed by atoms with Crippen LogP contribution < -0.4 is 0 Å². The maximum Gasteiger partial charge on any atom is 0.295 e. The van der Waals surface area contributed by atoms with Gasteiger partial charge in [-0.2, -0.15) is 0 Å². The van der Waals surface area contributed by atoms with Crippen LogP contribution in [0.15, 0.2) is 54.2 Å². The number of ether oxygens (including phenoxy) is 1. The summed E-state index contributed by atoms with van der Waals surface area (Å²) in [5.41, 5.74) is 1.45. The first kappa shape index (κ1) is 23.2. The fourth-order valence-electron chi connectivity index (χ4n) is 4.95. The molecular weight excluding hydrogens is 451 g/mol. The highest BCUT2D eigenvalue weighted by Crippen LogP contribution is 2.40. The number of nitrogens with zero attached hydrogens (tertiary/aromatic N) is 4. The van der Waals surface area contributed by atoms with Crippen molar-refractivity contribution in [2.45, 2.75) is 19.4 Å². The minimum Gasteiger partial charge on any atom is -0.505 e. The van der Waals surface area contributed by atoms with Crippen molar-refractivity contribution in [2.24, 2.45) is 0 Å². The summed E-state index contributed by atoms with van der Waals surface area (Å²) < 4.78 is 22.0. The van der Waals surface area contributed by atoms with E-state index in [1.54, 1.807) is 47.9 Å². The average Bonchev–Trinajstić information content (AvgIpc) is 3.33. The van der Waals surface area contributed by atoms with E-state index in [1.165, 1.54) is 11.0 Å². The van der Waals surface area contributed by atoms with E-state index >= 15 is 4.39 Å². The van der Waals surface area contributed by atoms with Gasteiger partial charge in [0.1, 0.15) is 17.2 Å². The molecule has 8 nitrogen and oxygen atoms in total. The third-order valence-electron chi connectivity index (χ3n) is 6.65. The van der Waals surface area contributed by atoms with Gasteiger partial charge in [0.25, 0.3) is 11.7 Å². The van der Waals surface area contributed by atoms with Crippen molar-refractivity contribution in [3.8, 4) is 0 Å². The summed E-state index contributed by atoms with van der Waals surface area (Å²) in [6, 6.07) is 10.4. The van der Waals surface area contributed by atoms with E-state index in [1.807, 2.05) is 6.07 Å². The largest absolute Gasteiger partial charge is 0.505 e. The molecule has 4 heterocycles. The number of hydrogen-bond acceptors (Lipinski definition) is 6. The number of benzene rings is 1. The summed E-state index contributed by atoms with van der Waals surface area (Å²) >= 11 is 0. The molecule has 0 aliphatic carbocycles. The Balaban J connectivity index is 1.56. The molecule has 3 aromatic rings. The average molecular weight is 479 g/mol. The van der Waals surface area contributed by atoms with Crippen molar-refractivity contribution in [3.63, 3.8) is 0 Å². The highest BCUT2D eigenvalue weighted by molar-refractivity contribution is 6.46. The number of carbonyl (C=O) groups is 2. The van der Waals surface area contributed by atoms with Crippen LogP contribution in [0, 0.1) is 12.7 Å². The molecule has 2 fully saturated rings. The number of morpholine rings is 1. The van der Waals surface area contributed by atoms with Gasteiger partial charge in [0, 0.05) is 37.9 Å². The first-order chi connectivity index (χ1) is 17.0. The summed E-state index contributed by atoms with van der Waals surface area (Å²) in [5, 5.41) is 11.4. The van der Waals surface area contributed by atoms with Crippen LogP contribution in [-0.4, -0.2) is 75.4 Å². The zero-order valence-electron chi connectivity index (χ0n) is 19.5. The Hall–Kier alpha value is -3.56. The van der Waals surface area contributed by atoms with E-state index in [-0.39, 0.29) is 23.4 Å². The lowest BCUT2D eigenvalue weighted by molar-refractivity contribution is -0.140. The Bertz CT molecular complexity index is 1310. The van der Waals surface area contributed by atoms with Crippen molar-refractivity contribution in [2.75, 3.05) is 39.4 Å². The first-order valence-electron chi connectivity index (χ1n) is 11.7. The lowest BCUT2D eigenvalue weighted by Gasteiger charge is -2.29. The van der Waals surface area contributed by atoms with Crippen molar-refractivity contribution in [1.29, 1.82) is 0 Å². The van der Waals surface area contributed by atoms with E-state index < -0.39 is 23.5 Å². The third-order valence-corrected chi connectivity index (χ3v) is 6.65. The molecular formula is C26H27FN4O4. The molecule has 0 unspecified atom stereocenters. The number of pyridine rings is 1. The molecule has 1 N–H and O–H groups in total. The molecule has 2 saturated heterocycles. The van der Waals surface area contributed by atoms with Crippen LogP contribution in [0.4, 0.5) is 4.39 Å². The van der Waals surface area contributed by atoms with Gasteiger partial charge >= 0.3 is 0 Å². The van der Waals surface area contributed by atoms with E-state index in [2.05, 4.69) is 9.88 Å². The number of aryl methyl sites for hydroxylation is 1. The van der Waals surface area contributed by atoms with Gasteiger partial charge in [0.05, 0.1) is 30.5 Å². The Morgan fingerprint density at radius 1 is 1.11 bits per heavy atom. The topological polar surface area (TPSA) is 87.4 Å². The molecule has 182 valence electrons. The number of halogens is 1. The van der Waals surface area contributed by atoms with E-state index in [0.29, 0.717) is 36.7 Å². The van der Waals surface area contributed by atoms with Crippen LogP contribution in [0.1, 0.15) is 29.4 Å². The summed E-state index contributed by atoms with van der Waals surface area (Å²) in [6.07, 6.45) is 2.33. The smallest absolute Gasteiger partial charge is 0.295 e. The molecule has 0 radical (unpaired) electrons. The van der Waals surface area contributed by atoms with E-state index in [9.17, 15) is 14.7 Å². The normalized spacial score (nSPS) is 20.7. The Morgan fingerprint density at radius 3 is 2.63 bits per heavy atom. The number of ketones is 1. The lowest BCUT2D eigenvalue weighted by atomic mass is 9.95. The Kier molecular flexibility index (Phi) is 6.36. The predicted molar refractivity (Wildman–Crippen MR) is 127 cm³/mol. The summed E-state index contributed by atoms with van der Waals surface area (Å²) in [6.45, 7) is 5.65. The van der Waals surface area contributed by atoms with Gasteiger partial charge in [-0.1, -0.05) is 24.3 Å². The second-order valence-electron chi connectivity index (χ2n) is 8.80. The zero-order valence-corrected chi connectivity index (χ0v) is 19.5. The second-order valence-corrected chi connectivity index (χ2v) is 8.80. The third kappa shape index (κ3) is 4.21. The first-order valence-corrected chi connectivity index (χ1v) is 11.7. The molecule has 35 heavy (non-hydrogen) atoms. The monoisotopic (exact) mass is 478 g/mol. The van der Waals surface area contributed by atoms with Crippen LogP contribution >= 0.6 is 0 Å². The highest BCUT2D eigenvalue weighted by atomic mass is 19.1.